The molecule has 0 heterocycles. The Labute approximate surface area is 66.8 Å². The fraction of sp³-hybridized carbons (Fsp3) is 0.833. The number of carbonyl (C=O) groups is 1. The molecule has 0 aliphatic heterocycles. The molecule has 0 aromatic heterocycles. The normalized spacial score (nSPS) is 11.3. The summed E-state index contributed by atoms with van der Waals surface area (Å²) < 4.78 is 0. The van der Waals surface area contributed by atoms with Crippen LogP contribution >= 0.6 is 0 Å². The number of rotatable bonds is 4. The van der Waals surface area contributed by atoms with Crippen LogP contribution in [0.2, 0.25) is 0 Å². The van der Waals surface area contributed by atoms with Crippen LogP contribution in [0.1, 0.15) is 6.92 Å². The van der Waals surface area contributed by atoms with Crippen LogP contribution in [0.25, 0.3) is 0 Å². The zero-order chi connectivity index (χ0) is 9.28. The summed E-state index contributed by atoms with van der Waals surface area (Å²) in [5, 5.41) is 9.83. The molecule has 0 aromatic rings. The number of primary amides is 1. The lowest BCUT2D eigenvalue weighted by Crippen LogP contribution is -2.40. The maximum atomic E-state index is 10.3. The maximum Gasteiger partial charge on any atom is 0.234 e. The quantitative estimate of drug-likeness (QED) is 0.385. The van der Waals surface area contributed by atoms with E-state index in [1.807, 2.05) is 0 Å². The van der Waals surface area contributed by atoms with Gasteiger partial charge in [-0.2, -0.15) is 0 Å². The van der Waals surface area contributed by atoms with Crippen LogP contribution in [0.3, 0.4) is 0 Å². The second-order valence-corrected chi connectivity index (χ2v) is 1.87. The molecule has 0 saturated heterocycles. The Hall–Kier alpha value is -0.650. The number of nitrogens with two attached hydrogens (primary N) is 2. The van der Waals surface area contributed by atoms with Crippen LogP contribution in [0, 0.1) is 0 Å². The molecule has 0 saturated carbocycles. The number of aliphatic hydroxyl groups is 1. The summed E-state index contributed by atoms with van der Waals surface area (Å²) in [6.45, 7) is 2.86. The molecular formula is C6H17N3O2. The van der Waals surface area contributed by atoms with Crippen molar-refractivity contribution in [3.8, 4) is 0 Å². The summed E-state index contributed by atoms with van der Waals surface area (Å²) in [6, 6.07) is -0.270. The monoisotopic (exact) mass is 163 g/mol. The molecule has 5 nitrogen and oxygen atoms in total. The molecule has 0 aliphatic carbocycles. The van der Waals surface area contributed by atoms with Crippen LogP contribution in [0.5, 0.6) is 0 Å². The van der Waals surface area contributed by atoms with Crippen molar-refractivity contribution < 1.29 is 9.90 Å². The van der Waals surface area contributed by atoms with E-state index in [1.54, 1.807) is 6.92 Å². The van der Waals surface area contributed by atoms with E-state index in [4.69, 9.17) is 16.6 Å². The van der Waals surface area contributed by atoms with E-state index < -0.39 is 0 Å². The summed E-state index contributed by atoms with van der Waals surface area (Å²) in [5.74, 6) is -0.344. The topological polar surface area (TPSA) is 101 Å². The van der Waals surface area contributed by atoms with Crippen molar-refractivity contribution in [3.05, 3.63) is 0 Å². The number of hydrogen-bond donors (Lipinski definition) is 4. The summed E-state index contributed by atoms with van der Waals surface area (Å²) in [6.07, 6.45) is 0. The van der Waals surface area contributed by atoms with E-state index in [2.05, 4.69) is 5.32 Å². The van der Waals surface area contributed by atoms with E-state index in [1.165, 1.54) is 0 Å². The van der Waals surface area contributed by atoms with Crippen molar-refractivity contribution >= 4 is 5.91 Å². The van der Waals surface area contributed by atoms with Gasteiger partial charge >= 0.3 is 0 Å². The highest BCUT2D eigenvalue weighted by Crippen LogP contribution is 1.74. The molecular weight excluding hydrogens is 146 g/mol. The zero-order valence-corrected chi connectivity index (χ0v) is 7.00. The molecule has 0 aromatic carbocycles. The van der Waals surface area contributed by atoms with Crippen LogP contribution in [-0.4, -0.2) is 37.3 Å². The summed E-state index contributed by atoms with van der Waals surface area (Å²) in [4.78, 5) is 10.3. The van der Waals surface area contributed by atoms with Gasteiger partial charge in [0.15, 0.2) is 0 Å². The van der Waals surface area contributed by atoms with Crippen molar-refractivity contribution in [2.24, 2.45) is 11.5 Å². The second kappa shape index (κ2) is 9.35. The minimum atomic E-state index is -0.344. The van der Waals surface area contributed by atoms with E-state index in [0.29, 0.717) is 13.1 Å². The Morgan fingerprint density at radius 3 is 2.36 bits per heavy atom. The van der Waals surface area contributed by atoms with E-state index in [-0.39, 0.29) is 11.9 Å². The van der Waals surface area contributed by atoms with Crippen molar-refractivity contribution in [2.75, 3.05) is 20.2 Å². The van der Waals surface area contributed by atoms with Crippen LogP contribution in [-0.2, 0) is 4.79 Å². The van der Waals surface area contributed by atoms with Gasteiger partial charge in [0, 0.05) is 20.2 Å². The van der Waals surface area contributed by atoms with Crippen molar-refractivity contribution in [1.82, 2.24) is 5.32 Å². The van der Waals surface area contributed by atoms with Crippen molar-refractivity contribution in [2.45, 2.75) is 13.0 Å². The third kappa shape index (κ3) is 9.35. The molecule has 0 bridgehead atoms. The van der Waals surface area contributed by atoms with Crippen LogP contribution in [0.15, 0.2) is 0 Å². The van der Waals surface area contributed by atoms with Gasteiger partial charge in [-0.15, -0.1) is 0 Å². The minimum absolute atomic E-state index is 0.270. The van der Waals surface area contributed by atoms with Crippen molar-refractivity contribution in [1.29, 1.82) is 0 Å². The average Bonchev–Trinajstić information content (AvgIpc) is 2.03. The van der Waals surface area contributed by atoms with Gasteiger partial charge in [0.25, 0.3) is 0 Å². The van der Waals surface area contributed by atoms with E-state index in [9.17, 15) is 4.79 Å². The Morgan fingerprint density at radius 2 is 2.09 bits per heavy atom. The lowest BCUT2D eigenvalue weighted by Gasteiger charge is -2.06. The molecule has 6 N–H and O–H groups in total. The lowest BCUT2D eigenvalue weighted by atomic mass is 10.3. The Kier molecular flexibility index (Phi) is 11.0. The summed E-state index contributed by atoms with van der Waals surface area (Å²) >= 11 is 0. The number of nitrogens with one attached hydrogen (secondary N) is 1. The molecule has 68 valence electrons. The maximum absolute atomic E-state index is 10.3. The SMILES string of the molecule is CC(NCCN)C(N)=O.CO. The third-order valence-electron chi connectivity index (χ3n) is 1.02. The number of aliphatic hydroxyl groups excluding tert-OH is 1. The van der Waals surface area contributed by atoms with Crippen LogP contribution in [0.4, 0.5) is 0 Å². The molecule has 1 atom stereocenters. The number of carbonyl (C=O) groups excluding carboxylic acids is 1. The molecule has 11 heavy (non-hydrogen) atoms. The number of amides is 1. The highest BCUT2D eigenvalue weighted by atomic mass is 16.2. The Morgan fingerprint density at radius 1 is 1.64 bits per heavy atom. The minimum Gasteiger partial charge on any atom is -0.400 e. The average molecular weight is 163 g/mol. The molecule has 0 aliphatic rings. The standard InChI is InChI=1S/C5H13N3O.CH4O/c1-4(5(7)9)8-3-2-6;1-2/h4,8H,2-3,6H2,1H3,(H2,7,9);2H,1H3. The van der Waals surface area contributed by atoms with E-state index in [0.717, 1.165) is 7.11 Å². The highest BCUT2D eigenvalue weighted by molar-refractivity contribution is 5.79. The predicted octanol–water partition coefficient (Wildman–Crippen LogP) is -1.98. The Balaban J connectivity index is 0. The lowest BCUT2D eigenvalue weighted by molar-refractivity contribution is -0.119. The van der Waals surface area contributed by atoms with Gasteiger partial charge in [-0.25, -0.2) is 0 Å². The zero-order valence-electron chi connectivity index (χ0n) is 7.00. The van der Waals surface area contributed by atoms with Gasteiger partial charge in [0.05, 0.1) is 6.04 Å². The van der Waals surface area contributed by atoms with Gasteiger partial charge in [0.1, 0.15) is 0 Å². The molecule has 1 unspecified atom stereocenters. The van der Waals surface area contributed by atoms with E-state index >= 15 is 0 Å². The van der Waals surface area contributed by atoms with Gasteiger partial charge in [-0.3, -0.25) is 4.79 Å². The molecule has 0 spiro atoms. The molecule has 0 radical (unpaired) electrons. The summed E-state index contributed by atoms with van der Waals surface area (Å²) in [7, 11) is 1.00. The van der Waals surface area contributed by atoms with Crippen molar-refractivity contribution in [3.63, 3.8) is 0 Å². The third-order valence-corrected chi connectivity index (χ3v) is 1.02. The first-order valence-corrected chi connectivity index (χ1v) is 3.36. The van der Waals surface area contributed by atoms with Crippen LogP contribution < -0.4 is 16.8 Å². The first-order chi connectivity index (χ1) is 5.18. The second-order valence-electron chi connectivity index (χ2n) is 1.87. The van der Waals surface area contributed by atoms with Gasteiger partial charge < -0.3 is 21.9 Å². The first-order valence-electron chi connectivity index (χ1n) is 3.36. The molecule has 0 fully saturated rings. The molecule has 1 amide bonds. The first kappa shape index (κ1) is 13.0. The number of hydrogen-bond acceptors (Lipinski definition) is 4. The smallest absolute Gasteiger partial charge is 0.234 e. The van der Waals surface area contributed by atoms with Gasteiger partial charge in [-0.05, 0) is 6.92 Å². The summed E-state index contributed by atoms with van der Waals surface area (Å²) in [5.41, 5.74) is 10.1. The van der Waals surface area contributed by atoms with Gasteiger partial charge in [0.2, 0.25) is 5.91 Å². The predicted molar refractivity (Wildman–Crippen MR) is 43.9 cm³/mol. The molecule has 0 rings (SSSR count). The largest absolute Gasteiger partial charge is 0.400 e. The Bertz CT molecular complexity index is 97.8. The molecule has 5 heteroatoms. The fourth-order valence-corrected chi connectivity index (χ4v) is 0.400. The fourth-order valence-electron chi connectivity index (χ4n) is 0.400. The van der Waals surface area contributed by atoms with Gasteiger partial charge in [-0.1, -0.05) is 0 Å². The highest BCUT2D eigenvalue weighted by Gasteiger charge is 2.04.